The molecule has 380 valence electrons. The molecule has 2 unspecified atom stereocenters. The topological polar surface area (TPSA) is 117 Å². The molecule has 9 heteroatoms. The van der Waals surface area contributed by atoms with Crippen LogP contribution >= 0.6 is 7.82 Å². The molecule has 0 bridgehead atoms. The second kappa shape index (κ2) is 53.2. The van der Waals surface area contributed by atoms with Crippen molar-refractivity contribution in [3.05, 3.63) is 60.8 Å². The van der Waals surface area contributed by atoms with Gasteiger partial charge in [0.1, 0.15) is 6.10 Å². The van der Waals surface area contributed by atoms with Crippen LogP contribution in [0, 0.1) is 0 Å². The zero-order valence-corrected chi connectivity index (χ0v) is 43.4. The molecule has 0 spiro atoms. The highest BCUT2D eigenvalue weighted by Crippen LogP contribution is 2.43. The van der Waals surface area contributed by atoms with E-state index in [4.69, 9.17) is 24.3 Å². The molecule has 0 saturated heterocycles. The van der Waals surface area contributed by atoms with Crippen molar-refractivity contribution in [3.8, 4) is 0 Å². The highest BCUT2D eigenvalue weighted by Gasteiger charge is 2.25. The van der Waals surface area contributed by atoms with Crippen LogP contribution in [0.15, 0.2) is 60.8 Å². The van der Waals surface area contributed by atoms with Gasteiger partial charge in [-0.3, -0.25) is 13.8 Å². The molecule has 65 heavy (non-hydrogen) atoms. The minimum atomic E-state index is -4.29. The Balaban J connectivity index is 3.92. The van der Waals surface area contributed by atoms with Crippen molar-refractivity contribution in [3.63, 3.8) is 0 Å². The van der Waals surface area contributed by atoms with E-state index < -0.39 is 13.9 Å². The van der Waals surface area contributed by atoms with Crippen LogP contribution in [0.1, 0.15) is 251 Å². The van der Waals surface area contributed by atoms with Crippen molar-refractivity contribution in [2.24, 2.45) is 5.73 Å². The number of unbranched alkanes of at least 4 members (excludes halogenated alkanes) is 29. The van der Waals surface area contributed by atoms with E-state index in [0.717, 1.165) is 70.6 Å². The second-order valence-electron chi connectivity index (χ2n) is 18.1. The van der Waals surface area contributed by atoms with Gasteiger partial charge in [0.15, 0.2) is 0 Å². The summed E-state index contributed by atoms with van der Waals surface area (Å²) in [4.78, 5) is 22.6. The Morgan fingerprint density at radius 1 is 0.477 bits per heavy atom. The summed E-state index contributed by atoms with van der Waals surface area (Å²) in [6.07, 6.45) is 66.9. The van der Waals surface area contributed by atoms with Crippen molar-refractivity contribution in [2.45, 2.75) is 258 Å². The average molecular weight is 934 g/mol. The summed E-state index contributed by atoms with van der Waals surface area (Å²) in [5.74, 6) is -0.330. The highest BCUT2D eigenvalue weighted by atomic mass is 31.2. The molecule has 0 aromatic rings. The lowest BCUT2D eigenvalue weighted by Crippen LogP contribution is -2.28. The van der Waals surface area contributed by atoms with E-state index in [2.05, 4.69) is 74.6 Å². The number of rotatable bonds is 52. The third kappa shape index (κ3) is 53.0. The lowest BCUT2D eigenvalue weighted by atomic mass is 10.0. The van der Waals surface area contributed by atoms with Gasteiger partial charge in [0.05, 0.1) is 19.8 Å². The molecular formula is C56H104NO7P. The molecule has 0 heterocycles. The van der Waals surface area contributed by atoms with Crippen molar-refractivity contribution in [1.29, 1.82) is 0 Å². The predicted octanol–water partition coefficient (Wildman–Crippen LogP) is 17.3. The van der Waals surface area contributed by atoms with Gasteiger partial charge in [-0.2, -0.15) is 0 Å². The third-order valence-corrected chi connectivity index (χ3v) is 12.7. The summed E-state index contributed by atoms with van der Waals surface area (Å²) in [6, 6.07) is 0. The minimum absolute atomic E-state index is 0.0979. The normalized spacial score (nSPS) is 13.7. The van der Waals surface area contributed by atoms with Gasteiger partial charge in [-0.25, -0.2) is 4.57 Å². The smallest absolute Gasteiger partial charge is 0.457 e. The van der Waals surface area contributed by atoms with Crippen LogP contribution < -0.4 is 5.73 Å². The fourth-order valence-corrected chi connectivity index (χ4v) is 8.50. The summed E-state index contributed by atoms with van der Waals surface area (Å²) >= 11 is 0. The van der Waals surface area contributed by atoms with Crippen LogP contribution in [-0.2, 0) is 27.9 Å². The lowest BCUT2D eigenvalue weighted by Gasteiger charge is -2.20. The molecule has 0 aromatic heterocycles. The van der Waals surface area contributed by atoms with Crippen LogP contribution in [0.25, 0.3) is 0 Å². The number of ether oxygens (including phenoxy) is 2. The van der Waals surface area contributed by atoms with Crippen LogP contribution in [0.2, 0.25) is 0 Å². The number of esters is 1. The van der Waals surface area contributed by atoms with Crippen molar-refractivity contribution >= 4 is 13.8 Å². The number of nitrogens with two attached hydrogens (primary N) is 1. The van der Waals surface area contributed by atoms with Crippen LogP contribution in [0.4, 0.5) is 0 Å². The van der Waals surface area contributed by atoms with Gasteiger partial charge in [0.2, 0.25) is 0 Å². The van der Waals surface area contributed by atoms with Crippen LogP contribution in [-0.4, -0.2) is 49.9 Å². The fourth-order valence-electron chi connectivity index (χ4n) is 7.73. The van der Waals surface area contributed by atoms with Gasteiger partial charge in [0.25, 0.3) is 0 Å². The summed E-state index contributed by atoms with van der Waals surface area (Å²) < 4.78 is 33.6. The molecule has 8 nitrogen and oxygen atoms in total. The van der Waals surface area contributed by atoms with Crippen molar-refractivity contribution in [1.82, 2.24) is 0 Å². The summed E-state index contributed by atoms with van der Waals surface area (Å²) in [6.45, 7) is 4.83. The lowest BCUT2D eigenvalue weighted by molar-refractivity contribution is -0.154. The van der Waals surface area contributed by atoms with Crippen molar-refractivity contribution in [2.75, 3.05) is 33.0 Å². The molecule has 0 rings (SSSR count). The van der Waals surface area contributed by atoms with Gasteiger partial charge >= 0.3 is 13.8 Å². The molecule has 0 radical (unpaired) electrons. The molecule has 0 aliphatic heterocycles. The van der Waals surface area contributed by atoms with Gasteiger partial charge in [-0.05, 0) is 57.8 Å². The Bertz CT molecular complexity index is 1190. The first-order valence-electron chi connectivity index (χ1n) is 27.3. The first-order valence-corrected chi connectivity index (χ1v) is 28.8. The van der Waals surface area contributed by atoms with E-state index in [1.807, 2.05) is 0 Å². The molecule has 0 aromatic carbocycles. The van der Waals surface area contributed by atoms with E-state index in [-0.39, 0.29) is 32.3 Å². The molecule has 0 amide bonds. The first-order chi connectivity index (χ1) is 31.9. The molecule has 0 aliphatic carbocycles. The molecule has 3 N–H and O–H groups in total. The Morgan fingerprint density at radius 3 is 1.29 bits per heavy atom. The van der Waals surface area contributed by atoms with Crippen molar-refractivity contribution < 1.29 is 32.8 Å². The summed E-state index contributed by atoms with van der Waals surface area (Å²) in [5.41, 5.74) is 5.40. The van der Waals surface area contributed by atoms with E-state index in [1.165, 1.54) is 161 Å². The fraction of sp³-hybridized carbons (Fsp3) is 0.804. The number of hydrogen-bond acceptors (Lipinski definition) is 7. The molecule has 0 fully saturated rings. The molecular weight excluding hydrogens is 830 g/mol. The Kier molecular flexibility index (Phi) is 51.7. The number of carbonyl (C=O) groups excluding carboxylic acids is 1. The Hall–Kier alpha value is -1.80. The Labute approximate surface area is 402 Å². The maximum absolute atomic E-state index is 12.7. The number of allylic oxidation sites excluding steroid dienone is 10. The van der Waals surface area contributed by atoms with Gasteiger partial charge in [-0.15, -0.1) is 0 Å². The van der Waals surface area contributed by atoms with Crippen LogP contribution in [0.3, 0.4) is 0 Å². The zero-order valence-electron chi connectivity index (χ0n) is 42.5. The standard InChI is InChI=1S/C56H104NO7P/c1-3-5-7-9-11-13-15-17-19-21-23-25-27-28-30-32-34-36-38-40-42-44-46-48-51-61-53-55(54-63-65(59,60)62-52-50-57)64-56(58)49-47-45-43-41-39-37-35-33-31-29-26-24-22-20-18-16-14-12-10-8-6-4-2/h5,7,11,13,17,19,23,25,28,30,55H,3-4,6,8-10,12,14-16,18,20-22,24,26-27,29,31-54,57H2,1-2H3,(H,59,60)/b7-5-,13-11-,19-17-,25-23-,30-28-. The largest absolute Gasteiger partial charge is 0.472 e. The predicted molar refractivity (Wildman–Crippen MR) is 279 cm³/mol. The number of phosphoric acid groups is 1. The summed E-state index contributed by atoms with van der Waals surface area (Å²) in [5, 5.41) is 0. The maximum atomic E-state index is 12.7. The number of hydrogen-bond donors (Lipinski definition) is 2. The van der Waals surface area contributed by atoms with Crippen LogP contribution in [0.5, 0.6) is 0 Å². The molecule has 2 atom stereocenters. The number of carbonyl (C=O) groups is 1. The second-order valence-corrected chi connectivity index (χ2v) is 19.5. The molecule has 0 saturated carbocycles. The molecule has 0 aliphatic rings. The van der Waals surface area contributed by atoms with E-state index in [0.29, 0.717) is 13.0 Å². The average Bonchev–Trinajstić information content (AvgIpc) is 3.30. The van der Waals surface area contributed by atoms with E-state index >= 15 is 0 Å². The van der Waals surface area contributed by atoms with Gasteiger partial charge in [-0.1, -0.05) is 248 Å². The quantitative estimate of drug-likeness (QED) is 0.0268. The summed E-state index contributed by atoms with van der Waals surface area (Å²) in [7, 11) is -4.29. The SMILES string of the molecule is CC/C=C\C/C=C\C/C=C\C/C=C\C/C=C\CCCCCCCCCCOCC(COP(=O)(O)OCCN)OC(=O)CCCCCCCCCCCCCCCCCCCCCCCC. The number of phosphoric ester groups is 1. The first kappa shape index (κ1) is 63.2. The minimum Gasteiger partial charge on any atom is -0.457 e. The monoisotopic (exact) mass is 934 g/mol. The van der Waals surface area contributed by atoms with E-state index in [9.17, 15) is 14.3 Å². The van der Waals surface area contributed by atoms with Gasteiger partial charge < -0.3 is 20.1 Å². The Morgan fingerprint density at radius 2 is 0.862 bits per heavy atom. The third-order valence-electron chi connectivity index (χ3n) is 11.7. The van der Waals surface area contributed by atoms with E-state index in [1.54, 1.807) is 0 Å². The highest BCUT2D eigenvalue weighted by molar-refractivity contribution is 7.47. The zero-order chi connectivity index (χ0) is 47.3. The maximum Gasteiger partial charge on any atom is 0.472 e. The van der Waals surface area contributed by atoms with Gasteiger partial charge in [0, 0.05) is 19.6 Å².